The van der Waals surface area contributed by atoms with E-state index in [1.165, 1.54) is 7.11 Å². The van der Waals surface area contributed by atoms with Crippen molar-refractivity contribution in [2.75, 3.05) is 26.0 Å². The van der Waals surface area contributed by atoms with Crippen LogP contribution in [0.4, 0.5) is 0 Å². The van der Waals surface area contributed by atoms with Crippen molar-refractivity contribution in [2.45, 2.75) is 18.8 Å². The van der Waals surface area contributed by atoms with E-state index in [2.05, 4.69) is 11.4 Å². The minimum absolute atomic E-state index is 0.0205. The molecular weight excluding hydrogens is 378 g/mol. The van der Waals surface area contributed by atoms with Gasteiger partial charge in [-0.15, -0.1) is 0 Å². The molecule has 0 saturated carbocycles. The molecule has 3 rings (SSSR count). The van der Waals surface area contributed by atoms with Crippen LogP contribution in [0.15, 0.2) is 40.9 Å². The van der Waals surface area contributed by atoms with Gasteiger partial charge in [-0.05, 0) is 18.4 Å². The molecule has 1 N–H and O–H groups in total. The summed E-state index contributed by atoms with van der Waals surface area (Å²) in [6, 6.07) is 11.1. The van der Waals surface area contributed by atoms with Gasteiger partial charge in [0.25, 0.3) is 0 Å². The standard InChI is InChI=1S/C20H21N3O4S/c1-27-20(26)17-16(13-7-3-2-4-8-13)14(11-21)19(22-18(17)25)28-12-15(24)23-9-5-6-10-23/h2-4,7-8,16-17H,5-6,9-10,12H2,1H3,(H,22,25)/t16-,17-/m0/s1. The number of methoxy groups -OCH3 is 1. The Kier molecular flexibility index (Phi) is 6.37. The number of esters is 1. The lowest BCUT2D eigenvalue weighted by Crippen LogP contribution is -2.44. The zero-order valence-electron chi connectivity index (χ0n) is 15.5. The Labute approximate surface area is 167 Å². The van der Waals surface area contributed by atoms with Crippen molar-refractivity contribution < 1.29 is 19.1 Å². The van der Waals surface area contributed by atoms with Crippen molar-refractivity contribution >= 4 is 29.5 Å². The number of benzene rings is 1. The van der Waals surface area contributed by atoms with Crippen molar-refractivity contribution in [3.63, 3.8) is 0 Å². The minimum atomic E-state index is -1.15. The number of nitrogens with zero attached hydrogens (tertiary/aromatic N) is 2. The monoisotopic (exact) mass is 399 g/mol. The number of carbonyl (C=O) groups excluding carboxylic acids is 3. The Bertz CT molecular complexity index is 841. The largest absolute Gasteiger partial charge is 0.468 e. The maximum absolute atomic E-state index is 12.7. The van der Waals surface area contributed by atoms with Crippen LogP contribution in [-0.4, -0.2) is 48.6 Å². The van der Waals surface area contributed by atoms with Crippen LogP contribution in [0.5, 0.6) is 0 Å². The number of rotatable bonds is 5. The fourth-order valence-corrected chi connectivity index (χ4v) is 4.48. The normalized spacial score (nSPS) is 21.9. The van der Waals surface area contributed by atoms with Crippen molar-refractivity contribution in [1.82, 2.24) is 10.2 Å². The van der Waals surface area contributed by atoms with Crippen LogP contribution in [0.3, 0.4) is 0 Å². The van der Waals surface area contributed by atoms with E-state index in [-0.39, 0.29) is 17.2 Å². The Balaban J connectivity index is 1.92. The molecular formula is C20H21N3O4S. The Morgan fingerprint density at radius 3 is 2.57 bits per heavy atom. The SMILES string of the molecule is COC(=O)[C@@H]1C(=O)NC(SCC(=O)N2CCCC2)=C(C#N)[C@@H]1c1ccccc1. The molecule has 1 aromatic carbocycles. The van der Waals surface area contributed by atoms with Gasteiger partial charge < -0.3 is 15.0 Å². The van der Waals surface area contributed by atoms with Gasteiger partial charge in [0, 0.05) is 19.0 Å². The number of nitriles is 1. The quantitative estimate of drug-likeness (QED) is 0.598. The van der Waals surface area contributed by atoms with E-state index in [0.717, 1.165) is 37.7 Å². The van der Waals surface area contributed by atoms with Crippen molar-refractivity contribution in [2.24, 2.45) is 5.92 Å². The summed E-state index contributed by atoms with van der Waals surface area (Å²) in [6.45, 7) is 1.49. The first-order valence-electron chi connectivity index (χ1n) is 9.05. The van der Waals surface area contributed by atoms with Gasteiger partial charge in [0.2, 0.25) is 11.8 Å². The van der Waals surface area contributed by atoms with Crippen LogP contribution in [0.2, 0.25) is 0 Å². The van der Waals surface area contributed by atoms with Gasteiger partial charge in [-0.1, -0.05) is 42.1 Å². The molecule has 0 bridgehead atoms. The Morgan fingerprint density at radius 1 is 1.29 bits per heavy atom. The van der Waals surface area contributed by atoms with E-state index in [0.29, 0.717) is 10.6 Å². The summed E-state index contributed by atoms with van der Waals surface area (Å²) in [6.07, 6.45) is 1.99. The zero-order valence-corrected chi connectivity index (χ0v) is 16.3. The molecule has 0 unspecified atom stereocenters. The average molecular weight is 399 g/mol. The van der Waals surface area contributed by atoms with Crippen LogP contribution in [0.1, 0.15) is 24.3 Å². The summed E-state index contributed by atoms with van der Waals surface area (Å²) in [5.41, 5.74) is 0.939. The lowest BCUT2D eigenvalue weighted by molar-refractivity contribution is -0.150. The molecule has 0 spiro atoms. The highest BCUT2D eigenvalue weighted by atomic mass is 32.2. The molecule has 2 atom stereocenters. The molecule has 28 heavy (non-hydrogen) atoms. The molecule has 2 amide bonds. The summed E-state index contributed by atoms with van der Waals surface area (Å²) >= 11 is 1.13. The average Bonchev–Trinajstić information content (AvgIpc) is 3.26. The second-order valence-electron chi connectivity index (χ2n) is 6.61. The first-order chi connectivity index (χ1) is 13.6. The molecule has 1 aromatic rings. The summed E-state index contributed by atoms with van der Waals surface area (Å²) < 4.78 is 4.81. The minimum Gasteiger partial charge on any atom is -0.468 e. The summed E-state index contributed by atoms with van der Waals surface area (Å²) in [5, 5.41) is 12.8. The van der Waals surface area contributed by atoms with Gasteiger partial charge in [0.05, 0.1) is 29.5 Å². The predicted molar refractivity (Wildman–Crippen MR) is 104 cm³/mol. The zero-order chi connectivity index (χ0) is 20.1. The fraction of sp³-hybridized carbons (Fsp3) is 0.400. The van der Waals surface area contributed by atoms with Gasteiger partial charge in [-0.25, -0.2) is 0 Å². The fourth-order valence-electron chi connectivity index (χ4n) is 3.53. The molecule has 2 aliphatic heterocycles. The third-order valence-corrected chi connectivity index (χ3v) is 5.94. The lowest BCUT2D eigenvalue weighted by atomic mass is 9.78. The molecule has 2 heterocycles. The van der Waals surface area contributed by atoms with Crippen LogP contribution in [-0.2, 0) is 19.1 Å². The molecule has 2 aliphatic rings. The second-order valence-corrected chi connectivity index (χ2v) is 7.60. The van der Waals surface area contributed by atoms with Gasteiger partial charge in [0.15, 0.2) is 0 Å². The Morgan fingerprint density at radius 2 is 1.96 bits per heavy atom. The number of hydrogen-bond acceptors (Lipinski definition) is 6. The first-order valence-corrected chi connectivity index (χ1v) is 10.0. The van der Waals surface area contributed by atoms with E-state index < -0.39 is 23.7 Å². The molecule has 1 fully saturated rings. The third kappa shape index (κ3) is 4.04. The molecule has 0 radical (unpaired) electrons. The van der Waals surface area contributed by atoms with Crippen molar-refractivity contribution in [3.8, 4) is 6.07 Å². The van der Waals surface area contributed by atoms with Crippen LogP contribution in [0.25, 0.3) is 0 Å². The maximum Gasteiger partial charge on any atom is 0.319 e. The predicted octanol–water partition coefficient (Wildman–Crippen LogP) is 1.78. The molecule has 8 heteroatoms. The number of carbonyl (C=O) groups is 3. The molecule has 0 aromatic heterocycles. The van der Waals surface area contributed by atoms with Crippen LogP contribution < -0.4 is 5.32 Å². The number of likely N-dealkylation sites (tertiary alicyclic amines) is 1. The van der Waals surface area contributed by atoms with E-state index >= 15 is 0 Å². The van der Waals surface area contributed by atoms with E-state index in [9.17, 15) is 19.6 Å². The van der Waals surface area contributed by atoms with Gasteiger partial charge in [-0.3, -0.25) is 14.4 Å². The highest BCUT2D eigenvalue weighted by Gasteiger charge is 2.44. The maximum atomic E-state index is 12.7. The number of ether oxygens (including phenoxy) is 1. The van der Waals surface area contributed by atoms with E-state index in [1.54, 1.807) is 29.2 Å². The highest BCUT2D eigenvalue weighted by molar-refractivity contribution is 8.03. The summed E-state index contributed by atoms with van der Waals surface area (Å²) in [7, 11) is 1.21. The summed E-state index contributed by atoms with van der Waals surface area (Å²) in [5.74, 6) is -3.02. The van der Waals surface area contributed by atoms with Gasteiger partial charge in [-0.2, -0.15) is 5.26 Å². The number of allylic oxidation sites excluding steroid dienone is 1. The van der Waals surface area contributed by atoms with Crippen molar-refractivity contribution in [1.29, 1.82) is 5.26 Å². The van der Waals surface area contributed by atoms with Gasteiger partial charge in [0.1, 0.15) is 5.92 Å². The van der Waals surface area contributed by atoms with E-state index in [1.807, 2.05) is 6.07 Å². The van der Waals surface area contributed by atoms with E-state index in [4.69, 9.17) is 4.74 Å². The van der Waals surface area contributed by atoms with Crippen molar-refractivity contribution in [3.05, 3.63) is 46.5 Å². The molecule has 1 saturated heterocycles. The number of amides is 2. The smallest absolute Gasteiger partial charge is 0.319 e. The van der Waals surface area contributed by atoms with Crippen LogP contribution >= 0.6 is 11.8 Å². The summed E-state index contributed by atoms with van der Waals surface area (Å²) in [4.78, 5) is 39.1. The van der Waals surface area contributed by atoms with Gasteiger partial charge >= 0.3 is 5.97 Å². The third-order valence-electron chi connectivity index (χ3n) is 4.94. The second kappa shape index (κ2) is 8.93. The number of thioether (sulfide) groups is 1. The molecule has 7 nitrogen and oxygen atoms in total. The molecule has 146 valence electrons. The molecule has 0 aliphatic carbocycles. The topological polar surface area (TPSA) is 99.5 Å². The Hall–Kier alpha value is -2.79. The first kappa shape index (κ1) is 20.0. The van der Waals surface area contributed by atoms with Crippen LogP contribution in [0, 0.1) is 17.2 Å². The number of nitrogens with one attached hydrogen (secondary N) is 1. The lowest BCUT2D eigenvalue weighted by Gasteiger charge is -2.31. The highest BCUT2D eigenvalue weighted by Crippen LogP contribution is 2.40. The number of hydrogen-bond donors (Lipinski definition) is 1.